The number of carbonyl (C=O) groups excluding carboxylic acids is 1. The third kappa shape index (κ3) is 3.01. The van der Waals surface area contributed by atoms with Crippen LogP contribution in [-0.2, 0) is 0 Å². The molecule has 0 bridgehead atoms. The maximum Gasteiger partial charge on any atom is 0.260 e. The Morgan fingerprint density at radius 3 is 2.74 bits per heavy atom. The lowest BCUT2D eigenvalue weighted by molar-refractivity contribution is 0.102. The Kier molecular flexibility index (Phi) is 3.97. The van der Waals surface area contributed by atoms with Crippen molar-refractivity contribution in [1.82, 2.24) is 15.0 Å². The van der Waals surface area contributed by atoms with Gasteiger partial charge in [-0.1, -0.05) is 0 Å². The van der Waals surface area contributed by atoms with Gasteiger partial charge in [-0.25, -0.2) is 25.2 Å². The molecule has 0 aliphatic rings. The highest BCUT2D eigenvalue weighted by molar-refractivity contribution is 9.10. The van der Waals surface area contributed by atoms with E-state index >= 15 is 0 Å². The Balaban J connectivity index is 2.23. The summed E-state index contributed by atoms with van der Waals surface area (Å²) in [5.41, 5.74) is 1.86. The molecular formula is C10H8BrFN6O. The second-order valence-corrected chi connectivity index (χ2v) is 4.16. The number of aromatic nitrogens is 3. The zero-order chi connectivity index (χ0) is 13.8. The minimum absolute atomic E-state index is 0.201. The lowest BCUT2D eigenvalue weighted by Gasteiger charge is -2.07. The van der Waals surface area contributed by atoms with Gasteiger partial charge in [0.25, 0.3) is 5.91 Å². The summed E-state index contributed by atoms with van der Waals surface area (Å²) in [5, 5.41) is 2.41. The van der Waals surface area contributed by atoms with E-state index in [0.29, 0.717) is 4.60 Å². The smallest absolute Gasteiger partial charge is 0.260 e. The largest absolute Gasteiger partial charge is 0.306 e. The van der Waals surface area contributed by atoms with Gasteiger partial charge in [0.2, 0.25) is 0 Å². The van der Waals surface area contributed by atoms with Gasteiger partial charge in [-0.15, -0.1) is 0 Å². The Labute approximate surface area is 115 Å². The molecule has 0 aliphatic heterocycles. The van der Waals surface area contributed by atoms with Crippen LogP contribution in [0.2, 0.25) is 0 Å². The number of amides is 1. The fraction of sp³-hybridized carbons (Fsp3) is 0. The standard InChI is InChI=1S/C10H8BrFN6O/c11-6-3-16-7(4-15-6)17-10(19)5-1-2-14-9(18-13)8(5)12/h1-4H,13H2,(H,14,18)(H,16,17,19). The summed E-state index contributed by atoms with van der Waals surface area (Å²) in [6.45, 7) is 0. The second kappa shape index (κ2) is 5.67. The van der Waals surface area contributed by atoms with E-state index in [9.17, 15) is 9.18 Å². The number of nitrogens with one attached hydrogen (secondary N) is 2. The van der Waals surface area contributed by atoms with Crippen molar-refractivity contribution in [3.05, 3.63) is 40.6 Å². The van der Waals surface area contributed by atoms with Crippen LogP contribution in [0.5, 0.6) is 0 Å². The lowest BCUT2D eigenvalue weighted by Crippen LogP contribution is -2.18. The zero-order valence-electron chi connectivity index (χ0n) is 9.39. The molecule has 2 rings (SSSR count). The Hall–Kier alpha value is -2.13. The van der Waals surface area contributed by atoms with Gasteiger partial charge in [-0.05, 0) is 22.0 Å². The Morgan fingerprint density at radius 1 is 1.32 bits per heavy atom. The number of hydrogen-bond donors (Lipinski definition) is 3. The van der Waals surface area contributed by atoms with Gasteiger partial charge >= 0.3 is 0 Å². The van der Waals surface area contributed by atoms with Crippen LogP contribution in [0.1, 0.15) is 10.4 Å². The molecule has 0 saturated carbocycles. The van der Waals surface area contributed by atoms with Gasteiger partial charge in [-0.3, -0.25) is 4.79 Å². The molecule has 7 nitrogen and oxygen atoms in total. The highest BCUT2D eigenvalue weighted by Gasteiger charge is 2.16. The molecule has 0 radical (unpaired) electrons. The van der Waals surface area contributed by atoms with Crippen molar-refractivity contribution in [3.63, 3.8) is 0 Å². The summed E-state index contributed by atoms with van der Waals surface area (Å²) in [6.07, 6.45) is 4.01. The van der Waals surface area contributed by atoms with Crippen molar-refractivity contribution in [1.29, 1.82) is 0 Å². The molecule has 1 amide bonds. The number of anilines is 2. The van der Waals surface area contributed by atoms with Crippen LogP contribution in [0.15, 0.2) is 29.3 Å². The minimum atomic E-state index is -0.840. The summed E-state index contributed by atoms with van der Waals surface area (Å²) in [7, 11) is 0. The fourth-order valence-electron chi connectivity index (χ4n) is 1.28. The predicted molar refractivity (Wildman–Crippen MR) is 69.7 cm³/mol. The van der Waals surface area contributed by atoms with E-state index in [4.69, 9.17) is 5.84 Å². The molecule has 0 fully saturated rings. The van der Waals surface area contributed by atoms with Crippen molar-refractivity contribution in [2.45, 2.75) is 0 Å². The molecule has 0 aliphatic carbocycles. The summed E-state index contributed by atoms with van der Waals surface area (Å²) in [6, 6.07) is 1.23. The monoisotopic (exact) mass is 326 g/mol. The van der Waals surface area contributed by atoms with E-state index in [1.165, 1.54) is 24.7 Å². The molecule has 2 aromatic heterocycles. The third-order valence-electron chi connectivity index (χ3n) is 2.13. The maximum absolute atomic E-state index is 13.8. The maximum atomic E-state index is 13.8. The number of hydrazine groups is 1. The zero-order valence-corrected chi connectivity index (χ0v) is 11.0. The van der Waals surface area contributed by atoms with Crippen LogP contribution in [-0.4, -0.2) is 20.9 Å². The number of hydrogen-bond acceptors (Lipinski definition) is 6. The number of nitrogen functional groups attached to an aromatic ring is 1. The van der Waals surface area contributed by atoms with Crippen LogP contribution in [0.3, 0.4) is 0 Å². The molecule has 98 valence electrons. The number of pyridine rings is 1. The first-order valence-electron chi connectivity index (χ1n) is 5.02. The molecule has 0 aromatic carbocycles. The van der Waals surface area contributed by atoms with E-state index in [0.717, 1.165) is 0 Å². The van der Waals surface area contributed by atoms with Crippen LogP contribution in [0.4, 0.5) is 16.0 Å². The van der Waals surface area contributed by atoms with E-state index in [2.05, 4.69) is 41.6 Å². The summed E-state index contributed by atoms with van der Waals surface area (Å²) < 4.78 is 14.3. The van der Waals surface area contributed by atoms with Crippen molar-refractivity contribution in [2.24, 2.45) is 5.84 Å². The molecule has 0 atom stereocenters. The molecule has 2 heterocycles. The van der Waals surface area contributed by atoms with E-state index < -0.39 is 11.7 Å². The number of nitrogens with two attached hydrogens (primary N) is 1. The SMILES string of the molecule is NNc1nccc(C(=O)Nc2cnc(Br)cn2)c1F. The van der Waals surface area contributed by atoms with Crippen LogP contribution in [0.25, 0.3) is 0 Å². The number of carbonyl (C=O) groups is 1. The average molecular weight is 327 g/mol. The molecule has 0 spiro atoms. The molecule has 0 unspecified atom stereocenters. The molecule has 9 heteroatoms. The van der Waals surface area contributed by atoms with Gasteiger partial charge in [0.05, 0.1) is 18.0 Å². The van der Waals surface area contributed by atoms with Gasteiger partial charge in [0.1, 0.15) is 4.60 Å². The molecule has 0 saturated heterocycles. The Morgan fingerprint density at radius 2 is 2.11 bits per heavy atom. The summed E-state index contributed by atoms with van der Waals surface area (Å²) in [4.78, 5) is 23.3. The minimum Gasteiger partial charge on any atom is -0.306 e. The summed E-state index contributed by atoms with van der Waals surface area (Å²) >= 11 is 3.11. The van der Waals surface area contributed by atoms with Crippen LogP contribution in [0, 0.1) is 5.82 Å². The van der Waals surface area contributed by atoms with Crippen molar-refractivity contribution < 1.29 is 9.18 Å². The van der Waals surface area contributed by atoms with Crippen LogP contribution < -0.4 is 16.6 Å². The van der Waals surface area contributed by atoms with E-state index in [1.807, 2.05) is 0 Å². The van der Waals surface area contributed by atoms with Gasteiger partial charge in [0.15, 0.2) is 17.5 Å². The predicted octanol–water partition coefficient (Wildman–Crippen LogP) is 1.31. The highest BCUT2D eigenvalue weighted by Crippen LogP contribution is 2.15. The highest BCUT2D eigenvalue weighted by atomic mass is 79.9. The van der Waals surface area contributed by atoms with Crippen molar-refractivity contribution in [3.8, 4) is 0 Å². The molecular weight excluding hydrogens is 319 g/mol. The number of halogens is 2. The van der Waals surface area contributed by atoms with Gasteiger partial charge in [-0.2, -0.15) is 0 Å². The molecule has 4 N–H and O–H groups in total. The third-order valence-corrected chi connectivity index (χ3v) is 2.54. The lowest BCUT2D eigenvalue weighted by atomic mass is 10.2. The van der Waals surface area contributed by atoms with Gasteiger partial charge in [0, 0.05) is 6.20 Å². The second-order valence-electron chi connectivity index (χ2n) is 3.34. The topological polar surface area (TPSA) is 106 Å². The molecule has 19 heavy (non-hydrogen) atoms. The number of rotatable bonds is 3. The normalized spacial score (nSPS) is 10.1. The number of nitrogens with zero attached hydrogens (tertiary/aromatic N) is 3. The van der Waals surface area contributed by atoms with Gasteiger partial charge < -0.3 is 10.7 Å². The van der Waals surface area contributed by atoms with E-state index in [1.54, 1.807) is 0 Å². The summed E-state index contributed by atoms with van der Waals surface area (Å²) in [5.74, 6) is 3.55. The van der Waals surface area contributed by atoms with Crippen molar-refractivity contribution >= 4 is 33.5 Å². The average Bonchev–Trinajstić information content (AvgIpc) is 2.41. The first-order chi connectivity index (χ1) is 9.11. The van der Waals surface area contributed by atoms with Crippen LogP contribution >= 0.6 is 15.9 Å². The first-order valence-corrected chi connectivity index (χ1v) is 5.81. The molecule has 2 aromatic rings. The fourth-order valence-corrected chi connectivity index (χ4v) is 1.48. The first kappa shape index (κ1) is 13.3. The van der Waals surface area contributed by atoms with E-state index in [-0.39, 0.29) is 17.2 Å². The Bertz CT molecular complexity index is 605. The van der Waals surface area contributed by atoms with Crippen molar-refractivity contribution in [2.75, 3.05) is 10.7 Å². The quantitative estimate of drug-likeness (QED) is 0.580.